The van der Waals surface area contributed by atoms with Gasteiger partial charge in [-0.05, 0) is 53.1 Å². The smallest absolute Gasteiger partial charge is 0.416 e. The maximum Gasteiger partial charge on any atom is 0.416 e. The molecule has 0 saturated carbocycles. The number of carbonyl (C=O) groups excluding carboxylic acids is 1. The third-order valence-corrected chi connectivity index (χ3v) is 4.59. The monoisotopic (exact) mass is 444 g/mol. The summed E-state index contributed by atoms with van der Waals surface area (Å²) in [5.74, 6) is 0.777. The number of benzene rings is 3. The minimum atomic E-state index is -4.42. The van der Waals surface area contributed by atoms with Crippen molar-refractivity contribution in [2.75, 3.05) is 12.4 Å². The maximum absolute atomic E-state index is 12.8. The van der Waals surface area contributed by atoms with Gasteiger partial charge in [-0.1, -0.05) is 36.4 Å². The zero-order valence-corrected chi connectivity index (χ0v) is 17.4. The molecule has 3 aromatic carbocycles. The molecule has 3 aromatic rings. The van der Waals surface area contributed by atoms with Crippen LogP contribution in [0.4, 0.5) is 23.7 Å². The van der Waals surface area contributed by atoms with Gasteiger partial charge in [-0.25, -0.2) is 4.79 Å². The Morgan fingerprint density at radius 2 is 1.56 bits per heavy atom. The number of nitrogens with one attached hydrogen (secondary N) is 2. The van der Waals surface area contributed by atoms with Crippen LogP contribution in [0.2, 0.25) is 0 Å². The normalized spacial score (nSPS) is 11.1. The summed E-state index contributed by atoms with van der Waals surface area (Å²) in [5.41, 5.74) is 2.04. The molecule has 0 spiro atoms. The number of anilines is 1. The molecule has 0 aliphatic heterocycles. The molecule has 5 nitrogen and oxygen atoms in total. The highest BCUT2D eigenvalue weighted by Gasteiger charge is 2.30. The Morgan fingerprint density at radius 3 is 2.28 bits per heavy atom. The molecule has 3 rings (SSSR count). The lowest BCUT2D eigenvalue weighted by atomic mass is 10.1. The van der Waals surface area contributed by atoms with E-state index in [4.69, 9.17) is 9.47 Å². The van der Waals surface area contributed by atoms with Gasteiger partial charge in [0.15, 0.2) is 0 Å². The average molecular weight is 444 g/mol. The Hall–Kier alpha value is -3.52. The number of carbonyl (C=O) groups is 1. The van der Waals surface area contributed by atoms with Crippen LogP contribution in [0.15, 0.2) is 72.8 Å². The molecule has 2 N–H and O–H groups in total. The summed E-state index contributed by atoms with van der Waals surface area (Å²) in [4.78, 5) is 12.1. The molecule has 0 heterocycles. The highest BCUT2D eigenvalue weighted by Crippen LogP contribution is 2.29. The van der Waals surface area contributed by atoms with Crippen LogP contribution in [0.25, 0.3) is 0 Å². The summed E-state index contributed by atoms with van der Waals surface area (Å²) in [6.07, 6.45) is -4.42. The molecule has 0 bridgehead atoms. The van der Waals surface area contributed by atoms with Gasteiger partial charge in [0, 0.05) is 12.2 Å². The molecule has 0 atom stereocenters. The molecule has 0 radical (unpaired) electrons. The zero-order valence-electron chi connectivity index (χ0n) is 17.4. The number of rotatable bonds is 8. The summed E-state index contributed by atoms with van der Waals surface area (Å²) in [6.45, 7) is 0.757. The molecule has 168 valence electrons. The van der Waals surface area contributed by atoms with Gasteiger partial charge < -0.3 is 20.1 Å². The van der Waals surface area contributed by atoms with Crippen LogP contribution in [0.1, 0.15) is 22.3 Å². The third-order valence-electron chi connectivity index (χ3n) is 4.59. The number of methoxy groups -OCH3 is 1. The lowest BCUT2D eigenvalue weighted by Crippen LogP contribution is -2.28. The second-order valence-corrected chi connectivity index (χ2v) is 7.05. The molecule has 0 fully saturated rings. The number of hydrogen-bond acceptors (Lipinski definition) is 3. The molecular formula is C24H23F3N2O3. The standard InChI is InChI=1S/C24H23F3N2O3/c1-31-22-10-8-17(9-11-22)15-32-16-19-5-3-7-21(13-19)29-23(30)28-14-18-4-2-6-20(12-18)24(25,26)27/h2-13H,14-16H2,1H3,(H2,28,29,30). The fourth-order valence-electron chi connectivity index (χ4n) is 2.96. The molecule has 0 aliphatic rings. The van der Waals surface area contributed by atoms with Crippen LogP contribution in [0, 0.1) is 0 Å². The van der Waals surface area contributed by atoms with Crippen LogP contribution in [0.3, 0.4) is 0 Å². The van der Waals surface area contributed by atoms with E-state index >= 15 is 0 Å². The van der Waals surface area contributed by atoms with Gasteiger partial charge in [0.05, 0.1) is 25.9 Å². The molecule has 32 heavy (non-hydrogen) atoms. The van der Waals surface area contributed by atoms with Crippen LogP contribution in [-0.2, 0) is 30.7 Å². The Balaban J connectivity index is 1.48. The van der Waals surface area contributed by atoms with Crippen molar-refractivity contribution in [3.05, 3.63) is 95.1 Å². The number of urea groups is 1. The van der Waals surface area contributed by atoms with Crippen LogP contribution >= 0.6 is 0 Å². The first-order chi connectivity index (χ1) is 15.3. The molecule has 0 aliphatic carbocycles. The minimum absolute atomic E-state index is 0.0274. The Bertz CT molecular complexity index is 1040. The topological polar surface area (TPSA) is 59.6 Å². The molecule has 2 amide bonds. The van der Waals surface area contributed by atoms with Crippen molar-refractivity contribution < 1.29 is 27.4 Å². The van der Waals surface area contributed by atoms with Crippen molar-refractivity contribution in [1.82, 2.24) is 5.32 Å². The number of hydrogen-bond donors (Lipinski definition) is 2. The van der Waals surface area contributed by atoms with Crippen LogP contribution in [0.5, 0.6) is 5.75 Å². The number of ether oxygens (including phenoxy) is 2. The number of amides is 2. The first-order valence-corrected chi connectivity index (χ1v) is 9.84. The van der Waals surface area contributed by atoms with Gasteiger partial charge >= 0.3 is 12.2 Å². The average Bonchev–Trinajstić information content (AvgIpc) is 2.78. The Morgan fingerprint density at radius 1 is 0.875 bits per heavy atom. The Kier molecular flexibility index (Phi) is 7.72. The van der Waals surface area contributed by atoms with E-state index in [1.165, 1.54) is 12.1 Å². The lowest BCUT2D eigenvalue weighted by Gasteiger charge is -2.11. The summed E-state index contributed by atoms with van der Waals surface area (Å²) in [5, 5.41) is 5.24. The molecule has 0 unspecified atom stereocenters. The van der Waals surface area contributed by atoms with E-state index in [1.807, 2.05) is 30.3 Å². The highest BCUT2D eigenvalue weighted by atomic mass is 19.4. The Labute approximate surface area is 184 Å². The molecule has 0 saturated heterocycles. The summed E-state index contributed by atoms with van der Waals surface area (Å²) in [6, 6.07) is 19.1. The van der Waals surface area contributed by atoms with Crippen molar-refractivity contribution in [1.29, 1.82) is 0 Å². The van der Waals surface area contributed by atoms with Crippen LogP contribution < -0.4 is 15.4 Å². The maximum atomic E-state index is 12.8. The molecule has 0 aromatic heterocycles. The second-order valence-electron chi connectivity index (χ2n) is 7.05. The van der Waals surface area contributed by atoms with Crippen molar-refractivity contribution in [2.45, 2.75) is 25.9 Å². The van der Waals surface area contributed by atoms with Crippen molar-refractivity contribution in [3.8, 4) is 5.75 Å². The van der Waals surface area contributed by atoms with Gasteiger partial charge in [0.25, 0.3) is 0 Å². The van der Waals surface area contributed by atoms with E-state index in [-0.39, 0.29) is 6.54 Å². The third kappa shape index (κ3) is 7.02. The van der Waals surface area contributed by atoms with E-state index < -0.39 is 17.8 Å². The molecular weight excluding hydrogens is 421 g/mol. The quantitative estimate of drug-likeness (QED) is 0.465. The molecule has 8 heteroatoms. The van der Waals surface area contributed by atoms with Gasteiger partial charge in [0.2, 0.25) is 0 Å². The van der Waals surface area contributed by atoms with E-state index in [0.717, 1.165) is 29.0 Å². The second kappa shape index (κ2) is 10.7. The minimum Gasteiger partial charge on any atom is -0.497 e. The van der Waals surface area contributed by atoms with Gasteiger partial charge in [-0.2, -0.15) is 13.2 Å². The van der Waals surface area contributed by atoms with E-state index in [0.29, 0.717) is 24.5 Å². The summed E-state index contributed by atoms with van der Waals surface area (Å²) >= 11 is 0. The lowest BCUT2D eigenvalue weighted by molar-refractivity contribution is -0.137. The number of halogens is 3. The first-order valence-electron chi connectivity index (χ1n) is 9.84. The predicted octanol–water partition coefficient (Wildman–Crippen LogP) is 5.75. The first kappa shape index (κ1) is 23.1. The van der Waals surface area contributed by atoms with Gasteiger partial charge in [-0.3, -0.25) is 0 Å². The van der Waals surface area contributed by atoms with Gasteiger partial charge in [-0.15, -0.1) is 0 Å². The van der Waals surface area contributed by atoms with Crippen molar-refractivity contribution >= 4 is 11.7 Å². The SMILES string of the molecule is COc1ccc(COCc2cccc(NC(=O)NCc3cccc(C(F)(F)F)c3)c2)cc1. The van der Waals surface area contributed by atoms with Crippen molar-refractivity contribution in [3.63, 3.8) is 0 Å². The summed E-state index contributed by atoms with van der Waals surface area (Å²) in [7, 11) is 1.61. The fraction of sp³-hybridized carbons (Fsp3) is 0.208. The van der Waals surface area contributed by atoms with Crippen molar-refractivity contribution in [2.24, 2.45) is 0 Å². The highest BCUT2D eigenvalue weighted by molar-refractivity contribution is 5.89. The summed E-state index contributed by atoms with van der Waals surface area (Å²) < 4.78 is 49.2. The largest absolute Gasteiger partial charge is 0.497 e. The van der Waals surface area contributed by atoms with Crippen LogP contribution in [-0.4, -0.2) is 13.1 Å². The van der Waals surface area contributed by atoms with Gasteiger partial charge in [0.1, 0.15) is 5.75 Å². The zero-order chi connectivity index (χ0) is 23.0. The fourth-order valence-corrected chi connectivity index (χ4v) is 2.96. The number of alkyl halides is 3. The van der Waals surface area contributed by atoms with E-state index in [2.05, 4.69) is 10.6 Å². The van der Waals surface area contributed by atoms with E-state index in [9.17, 15) is 18.0 Å². The van der Waals surface area contributed by atoms with E-state index in [1.54, 1.807) is 25.3 Å². The predicted molar refractivity (Wildman–Crippen MR) is 115 cm³/mol.